The highest BCUT2D eigenvalue weighted by Crippen LogP contribution is 2.21. The van der Waals surface area contributed by atoms with Crippen molar-refractivity contribution in [3.8, 4) is 0 Å². The number of aldehydes is 1. The van der Waals surface area contributed by atoms with Gasteiger partial charge in [-0.1, -0.05) is 0 Å². The highest BCUT2D eigenvalue weighted by molar-refractivity contribution is 5.75. The number of nitrogens with zero attached hydrogens (tertiary/aromatic N) is 1. The number of anilines is 1. The second-order valence-electron chi connectivity index (χ2n) is 4.78. The number of benzene rings is 1. The average Bonchev–Trinajstić information content (AvgIpc) is 2.53. The van der Waals surface area contributed by atoms with E-state index in [1.165, 1.54) is 7.11 Å². The first kappa shape index (κ1) is 14.5. The number of hydrogen-bond acceptors (Lipinski definition) is 5. The number of methoxy groups -OCH3 is 1. The fourth-order valence-electron chi connectivity index (χ4n) is 2.29. The fourth-order valence-corrected chi connectivity index (χ4v) is 2.29. The van der Waals surface area contributed by atoms with Crippen LogP contribution in [0.1, 0.15) is 23.2 Å². The Morgan fingerprint density at radius 2 is 1.95 bits per heavy atom. The maximum Gasteiger partial charge on any atom is 0.331 e. The SMILES string of the molecule is COC(=O)COC1CCN(c2ccc(C=O)cc2)CC1. The van der Waals surface area contributed by atoms with Gasteiger partial charge in [-0.25, -0.2) is 4.79 Å². The summed E-state index contributed by atoms with van der Waals surface area (Å²) < 4.78 is 10.1. The van der Waals surface area contributed by atoms with Crippen molar-refractivity contribution in [1.29, 1.82) is 0 Å². The van der Waals surface area contributed by atoms with E-state index >= 15 is 0 Å². The van der Waals surface area contributed by atoms with Gasteiger partial charge in [-0.2, -0.15) is 0 Å². The number of ether oxygens (including phenoxy) is 2. The molecule has 1 heterocycles. The lowest BCUT2D eigenvalue weighted by atomic mass is 10.1. The molecule has 1 saturated heterocycles. The largest absolute Gasteiger partial charge is 0.467 e. The summed E-state index contributed by atoms with van der Waals surface area (Å²) in [4.78, 5) is 23.9. The molecule has 0 unspecified atom stereocenters. The Hall–Kier alpha value is -1.88. The fraction of sp³-hybridized carbons (Fsp3) is 0.467. The van der Waals surface area contributed by atoms with Gasteiger partial charge < -0.3 is 14.4 Å². The molecule has 1 aromatic rings. The Bertz CT molecular complexity index is 449. The molecule has 0 atom stereocenters. The predicted molar refractivity (Wildman–Crippen MR) is 75.0 cm³/mol. The van der Waals surface area contributed by atoms with E-state index in [-0.39, 0.29) is 18.7 Å². The molecule has 1 fully saturated rings. The monoisotopic (exact) mass is 277 g/mol. The maximum absolute atomic E-state index is 11.0. The van der Waals surface area contributed by atoms with E-state index in [1.54, 1.807) is 0 Å². The summed E-state index contributed by atoms with van der Waals surface area (Å²) in [5, 5.41) is 0. The number of esters is 1. The first-order valence-corrected chi connectivity index (χ1v) is 6.71. The highest BCUT2D eigenvalue weighted by Gasteiger charge is 2.20. The highest BCUT2D eigenvalue weighted by atomic mass is 16.6. The van der Waals surface area contributed by atoms with Crippen LogP contribution in [0, 0.1) is 0 Å². The van der Waals surface area contributed by atoms with Gasteiger partial charge in [-0.15, -0.1) is 0 Å². The second kappa shape index (κ2) is 7.05. The third-order valence-electron chi connectivity index (χ3n) is 3.50. The van der Waals surface area contributed by atoms with Crippen LogP contribution >= 0.6 is 0 Å². The predicted octanol–water partition coefficient (Wildman–Crippen LogP) is 1.66. The third-order valence-corrected chi connectivity index (χ3v) is 3.50. The molecule has 0 bridgehead atoms. The molecule has 5 heteroatoms. The Kier molecular flexibility index (Phi) is 5.12. The van der Waals surface area contributed by atoms with Gasteiger partial charge in [0.25, 0.3) is 0 Å². The van der Waals surface area contributed by atoms with Crippen LogP contribution in [-0.4, -0.2) is 45.2 Å². The summed E-state index contributed by atoms with van der Waals surface area (Å²) in [5.74, 6) is -0.336. The van der Waals surface area contributed by atoms with Crippen molar-refractivity contribution in [1.82, 2.24) is 0 Å². The zero-order chi connectivity index (χ0) is 14.4. The first-order valence-electron chi connectivity index (χ1n) is 6.71. The van der Waals surface area contributed by atoms with Crippen LogP contribution in [0.25, 0.3) is 0 Å². The van der Waals surface area contributed by atoms with Crippen molar-refractivity contribution in [2.24, 2.45) is 0 Å². The van der Waals surface area contributed by atoms with Gasteiger partial charge in [0.05, 0.1) is 13.2 Å². The van der Waals surface area contributed by atoms with Crippen molar-refractivity contribution in [2.75, 3.05) is 31.7 Å². The van der Waals surface area contributed by atoms with E-state index in [0.717, 1.165) is 37.9 Å². The van der Waals surface area contributed by atoms with E-state index < -0.39 is 0 Å². The Balaban J connectivity index is 1.81. The van der Waals surface area contributed by atoms with Crippen molar-refractivity contribution in [3.63, 3.8) is 0 Å². The quantitative estimate of drug-likeness (QED) is 0.605. The smallest absolute Gasteiger partial charge is 0.331 e. The number of rotatable bonds is 5. The molecule has 108 valence electrons. The zero-order valence-electron chi connectivity index (χ0n) is 11.6. The van der Waals surface area contributed by atoms with E-state index in [2.05, 4.69) is 9.64 Å². The molecule has 1 aliphatic heterocycles. The molecule has 1 aromatic carbocycles. The molecular weight excluding hydrogens is 258 g/mol. The summed E-state index contributed by atoms with van der Waals surface area (Å²) in [7, 11) is 1.36. The van der Waals surface area contributed by atoms with Crippen LogP contribution in [0.15, 0.2) is 24.3 Å². The normalized spacial score (nSPS) is 15.9. The topological polar surface area (TPSA) is 55.8 Å². The van der Waals surface area contributed by atoms with E-state index in [1.807, 2.05) is 24.3 Å². The number of hydrogen-bond donors (Lipinski definition) is 0. The lowest BCUT2D eigenvalue weighted by Gasteiger charge is -2.33. The van der Waals surface area contributed by atoms with Crippen LogP contribution in [-0.2, 0) is 14.3 Å². The zero-order valence-corrected chi connectivity index (χ0v) is 11.6. The number of carbonyl (C=O) groups excluding carboxylic acids is 2. The van der Waals surface area contributed by atoms with Gasteiger partial charge in [0.15, 0.2) is 0 Å². The minimum absolute atomic E-state index is 0.0230. The van der Waals surface area contributed by atoms with Gasteiger partial charge in [0, 0.05) is 24.3 Å². The van der Waals surface area contributed by atoms with Crippen LogP contribution in [0.4, 0.5) is 5.69 Å². The molecule has 0 aromatic heterocycles. The summed E-state index contributed by atoms with van der Waals surface area (Å²) in [6.07, 6.45) is 2.72. The van der Waals surface area contributed by atoms with Gasteiger partial charge in [-0.05, 0) is 37.1 Å². The molecule has 0 aliphatic carbocycles. The maximum atomic E-state index is 11.0. The molecule has 0 spiro atoms. The Morgan fingerprint density at radius 1 is 1.30 bits per heavy atom. The van der Waals surface area contributed by atoms with Crippen LogP contribution < -0.4 is 4.90 Å². The van der Waals surface area contributed by atoms with Crippen molar-refractivity contribution < 1.29 is 19.1 Å². The van der Waals surface area contributed by atoms with Crippen molar-refractivity contribution in [2.45, 2.75) is 18.9 Å². The lowest BCUT2D eigenvalue weighted by Crippen LogP contribution is -2.37. The summed E-state index contributed by atoms with van der Waals surface area (Å²) in [6.45, 7) is 1.79. The minimum atomic E-state index is -0.336. The molecule has 2 rings (SSSR count). The van der Waals surface area contributed by atoms with Gasteiger partial charge in [-0.3, -0.25) is 4.79 Å². The molecule has 0 N–H and O–H groups in total. The third kappa shape index (κ3) is 3.81. The Labute approximate surface area is 118 Å². The van der Waals surface area contributed by atoms with E-state index in [0.29, 0.717) is 5.56 Å². The summed E-state index contributed by atoms with van der Waals surface area (Å²) >= 11 is 0. The Morgan fingerprint density at radius 3 is 2.50 bits per heavy atom. The second-order valence-corrected chi connectivity index (χ2v) is 4.78. The standard InChI is InChI=1S/C15H19NO4/c1-19-15(18)11-20-14-6-8-16(9-7-14)13-4-2-12(10-17)3-5-13/h2-5,10,14H,6-9,11H2,1H3. The van der Waals surface area contributed by atoms with Crippen LogP contribution in [0.5, 0.6) is 0 Å². The molecule has 0 saturated carbocycles. The molecule has 0 amide bonds. The molecule has 20 heavy (non-hydrogen) atoms. The van der Waals surface area contributed by atoms with Crippen LogP contribution in [0.2, 0.25) is 0 Å². The first-order chi connectivity index (χ1) is 9.72. The molecule has 5 nitrogen and oxygen atoms in total. The summed E-state index contributed by atoms with van der Waals surface area (Å²) in [6, 6.07) is 7.56. The minimum Gasteiger partial charge on any atom is -0.467 e. The lowest BCUT2D eigenvalue weighted by molar-refractivity contribution is -0.148. The number of piperidine rings is 1. The van der Waals surface area contributed by atoms with Crippen molar-refractivity contribution in [3.05, 3.63) is 29.8 Å². The van der Waals surface area contributed by atoms with Gasteiger partial charge >= 0.3 is 5.97 Å². The summed E-state index contributed by atoms with van der Waals surface area (Å²) in [5.41, 5.74) is 1.80. The molecule has 0 radical (unpaired) electrons. The van der Waals surface area contributed by atoms with Crippen LogP contribution in [0.3, 0.4) is 0 Å². The van der Waals surface area contributed by atoms with E-state index in [4.69, 9.17) is 4.74 Å². The molecule has 1 aliphatic rings. The van der Waals surface area contributed by atoms with Crippen molar-refractivity contribution >= 4 is 17.9 Å². The van der Waals surface area contributed by atoms with E-state index in [9.17, 15) is 9.59 Å². The van der Waals surface area contributed by atoms with Gasteiger partial charge in [0.2, 0.25) is 0 Å². The molecular formula is C15H19NO4. The van der Waals surface area contributed by atoms with Gasteiger partial charge in [0.1, 0.15) is 12.9 Å². The number of carbonyl (C=O) groups is 2. The average molecular weight is 277 g/mol.